The molecule has 1 saturated heterocycles. The molecule has 27 heavy (non-hydrogen) atoms. The summed E-state index contributed by atoms with van der Waals surface area (Å²) >= 11 is 0. The molecule has 0 saturated carbocycles. The zero-order valence-corrected chi connectivity index (χ0v) is 16.4. The molecule has 1 N–H and O–H groups in total. The third-order valence-corrected chi connectivity index (χ3v) is 5.49. The molecule has 2 heterocycles. The minimum absolute atomic E-state index is 0.0192. The van der Waals surface area contributed by atoms with E-state index < -0.39 is 0 Å². The number of hydrogen-bond donors (Lipinski definition) is 1. The van der Waals surface area contributed by atoms with Gasteiger partial charge in [-0.15, -0.1) is 0 Å². The molecule has 2 aliphatic rings. The van der Waals surface area contributed by atoms with Crippen LogP contribution in [0.3, 0.4) is 0 Å². The molecular formula is C21H31N3O3. The first-order valence-electron chi connectivity index (χ1n) is 10.2. The van der Waals surface area contributed by atoms with Gasteiger partial charge in [-0.3, -0.25) is 9.69 Å². The van der Waals surface area contributed by atoms with Gasteiger partial charge in [-0.05, 0) is 37.8 Å². The third-order valence-electron chi connectivity index (χ3n) is 5.49. The highest BCUT2D eigenvalue weighted by Crippen LogP contribution is 2.34. The lowest BCUT2D eigenvalue weighted by Crippen LogP contribution is -2.52. The standard InChI is InChI=1S/C21H31N3O3/c1-3-5-12-22-20(25)16-10-13-23(14-11-16)21(26)24-15-17(4-2)27-19-9-7-6-8-18(19)24/h6-9,16-17H,3-5,10-15H2,1-2H3,(H,22,25). The van der Waals surface area contributed by atoms with Crippen LogP contribution in [-0.4, -0.2) is 49.1 Å². The number of benzene rings is 1. The van der Waals surface area contributed by atoms with Crippen molar-refractivity contribution in [2.45, 2.75) is 52.1 Å². The Morgan fingerprint density at radius 3 is 2.63 bits per heavy atom. The molecule has 148 valence electrons. The first-order valence-corrected chi connectivity index (χ1v) is 10.2. The van der Waals surface area contributed by atoms with Crippen molar-refractivity contribution >= 4 is 17.6 Å². The maximum Gasteiger partial charge on any atom is 0.324 e. The van der Waals surface area contributed by atoms with E-state index in [2.05, 4.69) is 19.2 Å². The fourth-order valence-corrected chi connectivity index (χ4v) is 3.73. The monoisotopic (exact) mass is 373 g/mol. The molecule has 6 heteroatoms. The number of anilines is 1. The van der Waals surface area contributed by atoms with Crippen molar-refractivity contribution in [3.8, 4) is 5.75 Å². The number of ether oxygens (including phenoxy) is 1. The summed E-state index contributed by atoms with van der Waals surface area (Å²) in [5.41, 5.74) is 0.839. The molecule has 3 amide bonds. The van der Waals surface area contributed by atoms with Gasteiger partial charge in [-0.1, -0.05) is 32.4 Å². The highest BCUT2D eigenvalue weighted by atomic mass is 16.5. The Balaban J connectivity index is 1.60. The van der Waals surface area contributed by atoms with Crippen molar-refractivity contribution in [2.24, 2.45) is 5.92 Å². The predicted octanol–water partition coefficient (Wildman–Crippen LogP) is 3.41. The van der Waals surface area contributed by atoms with Crippen LogP contribution in [0.5, 0.6) is 5.75 Å². The zero-order valence-electron chi connectivity index (χ0n) is 16.4. The summed E-state index contributed by atoms with van der Waals surface area (Å²) in [6.45, 7) is 6.76. The number of hydrogen-bond acceptors (Lipinski definition) is 3. The Morgan fingerprint density at radius 1 is 1.19 bits per heavy atom. The van der Waals surface area contributed by atoms with E-state index in [1.54, 1.807) is 0 Å². The summed E-state index contributed by atoms with van der Waals surface area (Å²) in [5, 5.41) is 3.02. The molecule has 1 unspecified atom stereocenters. The molecule has 0 spiro atoms. The highest BCUT2D eigenvalue weighted by Gasteiger charge is 2.34. The van der Waals surface area contributed by atoms with E-state index in [0.29, 0.717) is 19.6 Å². The largest absolute Gasteiger partial charge is 0.486 e. The Morgan fingerprint density at radius 2 is 1.93 bits per heavy atom. The second-order valence-corrected chi connectivity index (χ2v) is 7.41. The number of rotatable bonds is 5. The SMILES string of the molecule is CCCCNC(=O)C1CCN(C(=O)N2CC(CC)Oc3ccccc32)CC1. The van der Waals surface area contributed by atoms with Crippen LogP contribution in [0.25, 0.3) is 0 Å². The van der Waals surface area contributed by atoms with E-state index in [0.717, 1.165) is 50.1 Å². The number of urea groups is 1. The number of carbonyl (C=O) groups excluding carboxylic acids is 2. The Labute approximate surface area is 161 Å². The van der Waals surface area contributed by atoms with Crippen molar-refractivity contribution < 1.29 is 14.3 Å². The number of nitrogens with one attached hydrogen (secondary N) is 1. The number of unbranched alkanes of at least 4 members (excludes halogenated alkanes) is 1. The summed E-state index contributed by atoms with van der Waals surface area (Å²) in [6.07, 6.45) is 4.42. The second kappa shape index (κ2) is 9.11. The molecule has 1 aromatic carbocycles. The molecule has 2 aliphatic heterocycles. The smallest absolute Gasteiger partial charge is 0.324 e. The first-order chi connectivity index (χ1) is 13.1. The minimum atomic E-state index is 0.0192. The Hall–Kier alpha value is -2.24. The number of nitrogens with zero attached hydrogens (tertiary/aromatic N) is 2. The van der Waals surface area contributed by atoms with Gasteiger partial charge in [0.25, 0.3) is 0 Å². The van der Waals surface area contributed by atoms with E-state index in [1.165, 1.54) is 0 Å². The van der Waals surface area contributed by atoms with Crippen molar-refractivity contribution in [1.82, 2.24) is 10.2 Å². The van der Waals surface area contributed by atoms with Crippen LogP contribution in [0, 0.1) is 5.92 Å². The maximum absolute atomic E-state index is 13.2. The summed E-state index contributed by atoms with van der Waals surface area (Å²) in [6, 6.07) is 7.75. The Bertz CT molecular complexity index is 656. The molecule has 0 bridgehead atoms. The van der Waals surface area contributed by atoms with Gasteiger partial charge in [0.2, 0.25) is 5.91 Å². The number of fused-ring (bicyclic) bond motifs is 1. The fraction of sp³-hybridized carbons (Fsp3) is 0.619. The van der Waals surface area contributed by atoms with Gasteiger partial charge in [0.1, 0.15) is 11.9 Å². The van der Waals surface area contributed by atoms with Gasteiger partial charge in [-0.25, -0.2) is 4.79 Å². The Kier molecular flexibility index (Phi) is 6.58. The van der Waals surface area contributed by atoms with Gasteiger partial charge >= 0.3 is 6.03 Å². The quantitative estimate of drug-likeness (QED) is 0.805. The van der Waals surface area contributed by atoms with Crippen LogP contribution in [-0.2, 0) is 4.79 Å². The van der Waals surface area contributed by atoms with Crippen LogP contribution < -0.4 is 15.0 Å². The number of amides is 3. The number of para-hydroxylation sites is 2. The van der Waals surface area contributed by atoms with Crippen LogP contribution in [0.1, 0.15) is 46.0 Å². The lowest BCUT2D eigenvalue weighted by molar-refractivity contribution is -0.126. The van der Waals surface area contributed by atoms with Gasteiger partial charge in [0.05, 0.1) is 12.2 Å². The van der Waals surface area contributed by atoms with E-state index in [4.69, 9.17) is 4.74 Å². The molecular weight excluding hydrogens is 342 g/mol. The summed E-state index contributed by atoms with van der Waals surface area (Å²) in [5.74, 6) is 0.929. The van der Waals surface area contributed by atoms with Crippen molar-refractivity contribution in [2.75, 3.05) is 31.1 Å². The number of likely N-dealkylation sites (tertiary alicyclic amines) is 1. The van der Waals surface area contributed by atoms with Gasteiger partial charge in [0.15, 0.2) is 0 Å². The lowest BCUT2D eigenvalue weighted by atomic mass is 9.96. The minimum Gasteiger partial charge on any atom is -0.486 e. The van der Waals surface area contributed by atoms with Gasteiger partial charge in [-0.2, -0.15) is 0 Å². The number of carbonyl (C=O) groups is 2. The fourth-order valence-electron chi connectivity index (χ4n) is 3.73. The van der Waals surface area contributed by atoms with Crippen LogP contribution in [0.2, 0.25) is 0 Å². The average Bonchev–Trinajstić information content (AvgIpc) is 2.72. The molecule has 6 nitrogen and oxygen atoms in total. The lowest BCUT2D eigenvalue weighted by Gasteiger charge is -2.39. The molecule has 0 radical (unpaired) electrons. The predicted molar refractivity (Wildman–Crippen MR) is 106 cm³/mol. The normalized spacial score (nSPS) is 20.0. The highest BCUT2D eigenvalue weighted by molar-refractivity contribution is 5.94. The van der Waals surface area contributed by atoms with Gasteiger partial charge in [0, 0.05) is 25.6 Å². The van der Waals surface area contributed by atoms with Crippen molar-refractivity contribution in [1.29, 1.82) is 0 Å². The third kappa shape index (κ3) is 4.54. The van der Waals surface area contributed by atoms with E-state index in [-0.39, 0.29) is 24.0 Å². The van der Waals surface area contributed by atoms with Gasteiger partial charge < -0.3 is 15.0 Å². The van der Waals surface area contributed by atoms with Crippen LogP contribution in [0.15, 0.2) is 24.3 Å². The van der Waals surface area contributed by atoms with Crippen molar-refractivity contribution in [3.63, 3.8) is 0 Å². The summed E-state index contributed by atoms with van der Waals surface area (Å²) < 4.78 is 5.98. The molecule has 0 aromatic heterocycles. The average molecular weight is 373 g/mol. The molecule has 1 aromatic rings. The van der Waals surface area contributed by atoms with Crippen LogP contribution in [0.4, 0.5) is 10.5 Å². The van der Waals surface area contributed by atoms with E-state index >= 15 is 0 Å². The van der Waals surface area contributed by atoms with E-state index in [1.807, 2.05) is 34.1 Å². The molecule has 1 fully saturated rings. The molecule has 3 rings (SSSR count). The summed E-state index contributed by atoms with van der Waals surface area (Å²) in [4.78, 5) is 29.1. The molecule has 1 atom stereocenters. The van der Waals surface area contributed by atoms with Crippen molar-refractivity contribution in [3.05, 3.63) is 24.3 Å². The van der Waals surface area contributed by atoms with Crippen LogP contribution >= 0.6 is 0 Å². The maximum atomic E-state index is 13.2. The number of piperidine rings is 1. The topological polar surface area (TPSA) is 61.9 Å². The van der Waals surface area contributed by atoms with E-state index in [9.17, 15) is 9.59 Å². The second-order valence-electron chi connectivity index (χ2n) is 7.41. The molecule has 0 aliphatic carbocycles. The summed E-state index contributed by atoms with van der Waals surface area (Å²) in [7, 11) is 0. The first kappa shape index (κ1) is 19.5. The zero-order chi connectivity index (χ0) is 19.2.